The van der Waals surface area contributed by atoms with Gasteiger partial charge in [-0.3, -0.25) is 9.36 Å². The molecule has 0 saturated heterocycles. The summed E-state index contributed by atoms with van der Waals surface area (Å²) in [6.45, 7) is 4.57. The van der Waals surface area contributed by atoms with Gasteiger partial charge in [-0.15, -0.1) is 0 Å². The summed E-state index contributed by atoms with van der Waals surface area (Å²) in [5.74, 6) is 1.09. The third kappa shape index (κ3) is 6.84. The molecular weight excluding hydrogens is 366 g/mol. The molecule has 150 valence electrons. The lowest BCUT2D eigenvalue weighted by Crippen LogP contribution is -2.34. The summed E-state index contributed by atoms with van der Waals surface area (Å²) >= 11 is 0. The SMILES string of the molecule is C=C(Nc1c(C=N)ccc(=O)n1CCCNS(C)(=O)=O)NC1CCCCC1. The molecule has 1 saturated carbocycles. The minimum atomic E-state index is -3.26. The van der Waals surface area contributed by atoms with Gasteiger partial charge in [0.25, 0.3) is 5.56 Å². The van der Waals surface area contributed by atoms with E-state index in [4.69, 9.17) is 5.41 Å². The zero-order valence-corrected chi connectivity index (χ0v) is 16.6. The van der Waals surface area contributed by atoms with Crippen molar-refractivity contribution in [1.82, 2.24) is 14.6 Å². The molecule has 1 heterocycles. The second kappa shape index (κ2) is 9.70. The van der Waals surface area contributed by atoms with Crippen LogP contribution in [0.15, 0.2) is 29.3 Å². The van der Waals surface area contributed by atoms with Crippen LogP contribution in [0.4, 0.5) is 5.82 Å². The Hall–Kier alpha value is -2.13. The van der Waals surface area contributed by atoms with Crippen LogP contribution < -0.4 is 20.9 Å². The van der Waals surface area contributed by atoms with E-state index in [0.717, 1.165) is 19.1 Å². The Kier molecular flexibility index (Phi) is 7.61. The molecule has 0 atom stereocenters. The highest BCUT2D eigenvalue weighted by atomic mass is 32.2. The van der Waals surface area contributed by atoms with Crippen LogP contribution in [0.1, 0.15) is 44.1 Å². The van der Waals surface area contributed by atoms with Gasteiger partial charge >= 0.3 is 0 Å². The fourth-order valence-corrected chi connectivity index (χ4v) is 3.76. The van der Waals surface area contributed by atoms with Crippen molar-refractivity contribution in [2.45, 2.75) is 51.1 Å². The maximum Gasteiger partial charge on any atom is 0.252 e. The average Bonchev–Trinajstić information content (AvgIpc) is 2.60. The Labute approximate surface area is 160 Å². The minimum Gasteiger partial charge on any atom is -0.369 e. The van der Waals surface area contributed by atoms with Gasteiger partial charge in [0.2, 0.25) is 10.0 Å². The lowest BCUT2D eigenvalue weighted by Gasteiger charge is -2.26. The molecular formula is C18H29N5O3S. The number of pyridine rings is 1. The summed E-state index contributed by atoms with van der Waals surface area (Å²) < 4.78 is 26.3. The number of rotatable bonds is 10. The van der Waals surface area contributed by atoms with Gasteiger partial charge in [0.15, 0.2) is 0 Å². The van der Waals surface area contributed by atoms with Crippen molar-refractivity contribution in [3.63, 3.8) is 0 Å². The lowest BCUT2D eigenvalue weighted by molar-refractivity contribution is 0.397. The zero-order valence-electron chi connectivity index (χ0n) is 15.8. The summed E-state index contributed by atoms with van der Waals surface area (Å²) in [6.07, 6.45) is 8.57. The number of hydrogen-bond donors (Lipinski definition) is 4. The molecule has 2 rings (SSSR count). The van der Waals surface area contributed by atoms with E-state index in [1.54, 1.807) is 6.07 Å². The Balaban J connectivity index is 2.10. The third-order valence-corrected chi connectivity index (χ3v) is 5.27. The molecule has 27 heavy (non-hydrogen) atoms. The van der Waals surface area contributed by atoms with Crippen LogP contribution >= 0.6 is 0 Å². The van der Waals surface area contributed by atoms with Crippen molar-refractivity contribution in [2.24, 2.45) is 0 Å². The maximum atomic E-state index is 12.3. The molecule has 1 aliphatic rings. The van der Waals surface area contributed by atoms with Crippen LogP contribution in [0.2, 0.25) is 0 Å². The van der Waals surface area contributed by atoms with E-state index in [-0.39, 0.29) is 12.1 Å². The molecule has 0 spiro atoms. The highest BCUT2D eigenvalue weighted by molar-refractivity contribution is 7.88. The Morgan fingerprint density at radius 3 is 2.67 bits per heavy atom. The summed E-state index contributed by atoms with van der Waals surface area (Å²) in [4.78, 5) is 12.3. The van der Waals surface area contributed by atoms with E-state index in [9.17, 15) is 13.2 Å². The highest BCUT2D eigenvalue weighted by Crippen LogP contribution is 2.19. The third-order valence-electron chi connectivity index (χ3n) is 4.55. The van der Waals surface area contributed by atoms with Crippen molar-refractivity contribution < 1.29 is 8.42 Å². The molecule has 8 nitrogen and oxygen atoms in total. The first-order valence-corrected chi connectivity index (χ1v) is 11.1. The van der Waals surface area contributed by atoms with Crippen molar-refractivity contribution in [3.8, 4) is 0 Å². The van der Waals surface area contributed by atoms with Gasteiger partial charge in [-0.2, -0.15) is 0 Å². The van der Waals surface area contributed by atoms with Crippen LogP contribution in [-0.2, 0) is 16.6 Å². The number of hydrogen-bond acceptors (Lipinski definition) is 6. The number of nitrogens with zero attached hydrogens (tertiary/aromatic N) is 1. The fraction of sp³-hybridized carbons (Fsp3) is 0.556. The van der Waals surface area contributed by atoms with Crippen molar-refractivity contribution in [1.29, 1.82) is 5.41 Å². The standard InChI is InChI=1S/C18H29N5O3S/c1-14(21-16-7-4-3-5-8-16)22-18-15(13-19)9-10-17(24)23(18)12-6-11-20-27(2,25)26/h9-10,13,16,19-22H,1,3-8,11-12H2,2H3. The summed E-state index contributed by atoms with van der Waals surface area (Å²) in [6, 6.07) is 3.37. The predicted octanol–water partition coefficient (Wildman–Crippen LogP) is 1.59. The van der Waals surface area contributed by atoms with E-state index in [1.165, 1.54) is 36.1 Å². The fourth-order valence-electron chi connectivity index (χ4n) is 3.24. The molecule has 0 unspecified atom stereocenters. The number of aromatic nitrogens is 1. The average molecular weight is 396 g/mol. The molecule has 0 bridgehead atoms. The molecule has 0 radical (unpaired) electrons. The normalized spacial score (nSPS) is 15.3. The molecule has 1 aromatic rings. The van der Waals surface area contributed by atoms with E-state index in [0.29, 0.717) is 36.2 Å². The van der Waals surface area contributed by atoms with Crippen molar-refractivity contribution in [2.75, 3.05) is 18.1 Å². The molecule has 0 aliphatic heterocycles. The van der Waals surface area contributed by atoms with Gasteiger partial charge in [0.05, 0.1) is 12.1 Å². The summed E-state index contributed by atoms with van der Waals surface area (Å²) in [7, 11) is -3.26. The van der Waals surface area contributed by atoms with E-state index >= 15 is 0 Å². The molecule has 9 heteroatoms. The monoisotopic (exact) mass is 395 g/mol. The van der Waals surface area contributed by atoms with Crippen molar-refractivity contribution >= 4 is 22.1 Å². The lowest BCUT2D eigenvalue weighted by atomic mass is 9.96. The molecule has 1 fully saturated rings. The van der Waals surface area contributed by atoms with Gasteiger partial charge in [-0.25, -0.2) is 13.1 Å². The Bertz CT molecular complexity index is 826. The van der Waals surface area contributed by atoms with Gasteiger partial charge in [0.1, 0.15) is 5.82 Å². The van der Waals surface area contributed by atoms with E-state index < -0.39 is 10.0 Å². The number of sulfonamides is 1. The smallest absolute Gasteiger partial charge is 0.252 e. The quantitative estimate of drug-likeness (QED) is 0.355. The van der Waals surface area contributed by atoms with E-state index in [2.05, 4.69) is 21.9 Å². The van der Waals surface area contributed by atoms with Crippen LogP contribution in [-0.4, -0.2) is 38.0 Å². The van der Waals surface area contributed by atoms with Crippen LogP contribution in [0.25, 0.3) is 0 Å². The molecule has 0 amide bonds. The van der Waals surface area contributed by atoms with Gasteiger partial charge < -0.3 is 16.0 Å². The first-order chi connectivity index (χ1) is 12.8. The largest absolute Gasteiger partial charge is 0.369 e. The van der Waals surface area contributed by atoms with Crippen LogP contribution in [0, 0.1) is 5.41 Å². The maximum absolute atomic E-state index is 12.3. The summed E-state index contributed by atoms with van der Waals surface area (Å²) in [5, 5.41) is 14.1. The Morgan fingerprint density at radius 2 is 2.04 bits per heavy atom. The predicted molar refractivity (Wildman–Crippen MR) is 109 cm³/mol. The first-order valence-electron chi connectivity index (χ1n) is 9.21. The van der Waals surface area contributed by atoms with Gasteiger partial charge in [0, 0.05) is 37.0 Å². The second-order valence-corrected chi connectivity index (χ2v) is 8.71. The van der Waals surface area contributed by atoms with Gasteiger partial charge in [-0.1, -0.05) is 25.8 Å². The summed E-state index contributed by atoms with van der Waals surface area (Å²) in [5.41, 5.74) is 0.352. The number of nitrogens with one attached hydrogen (secondary N) is 4. The second-order valence-electron chi connectivity index (χ2n) is 6.87. The van der Waals surface area contributed by atoms with Gasteiger partial charge in [-0.05, 0) is 25.3 Å². The first kappa shape index (κ1) is 21.2. The van der Waals surface area contributed by atoms with E-state index in [1.807, 2.05) is 0 Å². The van der Waals surface area contributed by atoms with Crippen LogP contribution in [0.5, 0.6) is 0 Å². The molecule has 0 aromatic carbocycles. The molecule has 1 aliphatic carbocycles. The number of anilines is 1. The minimum absolute atomic E-state index is 0.215. The topological polar surface area (TPSA) is 116 Å². The highest BCUT2D eigenvalue weighted by Gasteiger charge is 2.15. The van der Waals surface area contributed by atoms with Crippen molar-refractivity contribution in [3.05, 3.63) is 40.4 Å². The van der Waals surface area contributed by atoms with Crippen LogP contribution in [0.3, 0.4) is 0 Å². The molecule has 4 N–H and O–H groups in total. The Morgan fingerprint density at radius 1 is 1.33 bits per heavy atom. The zero-order chi connectivity index (χ0) is 19.9. The molecule has 1 aromatic heterocycles.